The third-order valence-corrected chi connectivity index (χ3v) is 3.74. The summed E-state index contributed by atoms with van der Waals surface area (Å²) in [6, 6.07) is 0.581. The van der Waals surface area contributed by atoms with Gasteiger partial charge in [0.05, 0.1) is 0 Å². The van der Waals surface area contributed by atoms with E-state index in [1.807, 2.05) is 0 Å². The second-order valence-electron chi connectivity index (χ2n) is 5.92. The molecule has 1 saturated heterocycles. The zero-order valence-electron chi connectivity index (χ0n) is 12.8. The molecule has 1 N–H and O–H groups in total. The first-order valence-corrected chi connectivity index (χ1v) is 7.65. The van der Waals surface area contributed by atoms with Crippen LogP contribution in [0.1, 0.15) is 33.6 Å². The molecule has 20 heavy (non-hydrogen) atoms. The lowest BCUT2D eigenvalue weighted by molar-refractivity contribution is 0.420. The van der Waals surface area contributed by atoms with E-state index >= 15 is 0 Å². The zero-order chi connectivity index (χ0) is 14.5. The van der Waals surface area contributed by atoms with Gasteiger partial charge in [0.25, 0.3) is 5.56 Å². The molecule has 0 bridgehead atoms. The smallest absolute Gasteiger partial charge is 0.293 e. The Labute approximate surface area is 121 Å². The first-order valence-electron chi connectivity index (χ1n) is 7.65. The van der Waals surface area contributed by atoms with Crippen LogP contribution in [0.25, 0.3) is 0 Å². The third kappa shape index (κ3) is 3.60. The van der Waals surface area contributed by atoms with Crippen LogP contribution in [0.3, 0.4) is 0 Å². The van der Waals surface area contributed by atoms with Crippen LogP contribution < -0.4 is 15.8 Å². The molecular weight excluding hydrogens is 252 g/mol. The normalized spacial score (nSPS) is 16.9. The lowest BCUT2D eigenvalue weighted by atomic mass is 10.1. The molecule has 0 spiro atoms. The van der Waals surface area contributed by atoms with E-state index in [4.69, 9.17) is 0 Å². The molecule has 1 fully saturated rings. The molecule has 0 radical (unpaired) electrons. The predicted octanol–water partition coefficient (Wildman–Crippen LogP) is 1.48. The van der Waals surface area contributed by atoms with Crippen LogP contribution in [-0.4, -0.2) is 35.2 Å². The van der Waals surface area contributed by atoms with Crippen molar-refractivity contribution in [1.82, 2.24) is 14.9 Å². The topological polar surface area (TPSA) is 50.2 Å². The molecule has 5 nitrogen and oxygen atoms in total. The van der Waals surface area contributed by atoms with E-state index in [9.17, 15) is 4.79 Å². The second-order valence-corrected chi connectivity index (χ2v) is 5.92. The van der Waals surface area contributed by atoms with E-state index in [-0.39, 0.29) is 5.56 Å². The Hall–Kier alpha value is -1.36. The Kier molecular flexibility index (Phi) is 5.17. The van der Waals surface area contributed by atoms with Crippen molar-refractivity contribution < 1.29 is 0 Å². The van der Waals surface area contributed by atoms with Crippen LogP contribution in [0.2, 0.25) is 0 Å². The monoisotopic (exact) mass is 278 g/mol. The number of nitrogens with one attached hydrogen (secondary N) is 1. The Morgan fingerprint density at radius 1 is 1.40 bits per heavy atom. The molecule has 2 heterocycles. The quantitative estimate of drug-likeness (QED) is 0.886. The van der Waals surface area contributed by atoms with Crippen molar-refractivity contribution in [2.24, 2.45) is 5.92 Å². The highest BCUT2D eigenvalue weighted by molar-refractivity contribution is 5.36. The van der Waals surface area contributed by atoms with Gasteiger partial charge in [0.2, 0.25) is 0 Å². The number of anilines is 1. The minimum atomic E-state index is 0.0445. The van der Waals surface area contributed by atoms with Crippen molar-refractivity contribution in [3.8, 4) is 0 Å². The molecule has 1 aromatic rings. The lowest BCUT2D eigenvalue weighted by Gasteiger charge is -2.32. The Bertz CT molecular complexity index is 475. The molecule has 112 valence electrons. The molecule has 0 aromatic carbocycles. The second kappa shape index (κ2) is 6.88. The maximum atomic E-state index is 12.5. The highest BCUT2D eigenvalue weighted by Crippen LogP contribution is 2.14. The summed E-state index contributed by atoms with van der Waals surface area (Å²) >= 11 is 0. The summed E-state index contributed by atoms with van der Waals surface area (Å²) in [7, 11) is 0. The van der Waals surface area contributed by atoms with Gasteiger partial charge in [-0.15, -0.1) is 0 Å². The van der Waals surface area contributed by atoms with E-state index in [2.05, 4.69) is 36.0 Å². The van der Waals surface area contributed by atoms with Crippen LogP contribution in [0, 0.1) is 5.92 Å². The van der Waals surface area contributed by atoms with Crippen LogP contribution in [-0.2, 0) is 6.54 Å². The van der Waals surface area contributed by atoms with E-state index in [0.29, 0.717) is 17.8 Å². The first-order chi connectivity index (χ1) is 9.61. The minimum absolute atomic E-state index is 0.0445. The van der Waals surface area contributed by atoms with Crippen LogP contribution >= 0.6 is 0 Å². The van der Waals surface area contributed by atoms with Crippen molar-refractivity contribution in [3.05, 3.63) is 22.7 Å². The van der Waals surface area contributed by atoms with Gasteiger partial charge in [0.1, 0.15) is 0 Å². The van der Waals surface area contributed by atoms with Crippen LogP contribution in [0.5, 0.6) is 0 Å². The summed E-state index contributed by atoms with van der Waals surface area (Å²) < 4.78 is 1.78. The van der Waals surface area contributed by atoms with Gasteiger partial charge in [-0.25, -0.2) is 4.98 Å². The molecule has 0 aliphatic carbocycles. The van der Waals surface area contributed by atoms with Gasteiger partial charge in [-0.3, -0.25) is 4.79 Å². The van der Waals surface area contributed by atoms with Crippen LogP contribution in [0.4, 0.5) is 5.82 Å². The summed E-state index contributed by atoms with van der Waals surface area (Å²) in [6.45, 7) is 9.95. The average molecular weight is 278 g/mol. The first kappa shape index (κ1) is 15.0. The van der Waals surface area contributed by atoms with Crippen molar-refractivity contribution in [2.45, 2.75) is 46.2 Å². The Morgan fingerprint density at radius 3 is 2.70 bits per heavy atom. The molecule has 1 aliphatic rings. The summed E-state index contributed by atoms with van der Waals surface area (Å²) in [6.07, 6.45) is 5.69. The molecule has 0 unspecified atom stereocenters. The molecule has 0 saturated carbocycles. The molecule has 0 amide bonds. The minimum Gasteiger partial charge on any atom is -0.352 e. The van der Waals surface area contributed by atoms with Gasteiger partial charge in [-0.1, -0.05) is 20.8 Å². The maximum Gasteiger partial charge on any atom is 0.293 e. The standard InChI is InChI=1S/C15H26N4O/c1-4-16-13-5-8-18(9-6-13)14-15(20)19(10-7-17-14)11-12(2)3/h7,10,12-13,16H,4-6,8-9,11H2,1-3H3. The fraction of sp³-hybridized carbons (Fsp3) is 0.733. The highest BCUT2D eigenvalue weighted by Gasteiger charge is 2.21. The number of piperidine rings is 1. The number of hydrogen-bond donors (Lipinski definition) is 1. The molecule has 1 aromatic heterocycles. The molecule has 2 rings (SSSR count). The van der Waals surface area contributed by atoms with E-state index in [0.717, 1.165) is 39.0 Å². The van der Waals surface area contributed by atoms with Gasteiger partial charge in [-0.05, 0) is 25.3 Å². The highest BCUT2D eigenvalue weighted by atomic mass is 16.1. The van der Waals surface area contributed by atoms with Crippen molar-refractivity contribution in [3.63, 3.8) is 0 Å². The van der Waals surface area contributed by atoms with E-state index in [1.165, 1.54) is 0 Å². The van der Waals surface area contributed by atoms with Crippen molar-refractivity contribution in [2.75, 3.05) is 24.5 Å². The molecular formula is C15H26N4O. The van der Waals surface area contributed by atoms with Gasteiger partial charge < -0.3 is 14.8 Å². The SMILES string of the molecule is CCNC1CCN(c2nccn(CC(C)C)c2=O)CC1. The van der Waals surface area contributed by atoms with Gasteiger partial charge >= 0.3 is 0 Å². The average Bonchev–Trinajstić information content (AvgIpc) is 2.42. The number of hydrogen-bond acceptors (Lipinski definition) is 4. The van der Waals surface area contributed by atoms with Gasteiger partial charge in [0, 0.05) is 38.1 Å². The number of nitrogens with zero attached hydrogens (tertiary/aromatic N) is 3. The van der Waals surface area contributed by atoms with Gasteiger partial charge in [-0.2, -0.15) is 0 Å². The van der Waals surface area contributed by atoms with Gasteiger partial charge in [0.15, 0.2) is 5.82 Å². The summed E-state index contributed by atoms with van der Waals surface area (Å²) in [5, 5.41) is 3.48. The predicted molar refractivity (Wildman–Crippen MR) is 82.2 cm³/mol. The third-order valence-electron chi connectivity index (χ3n) is 3.74. The Balaban J connectivity index is 2.08. The fourth-order valence-electron chi connectivity index (χ4n) is 2.77. The zero-order valence-corrected chi connectivity index (χ0v) is 12.8. The largest absolute Gasteiger partial charge is 0.352 e. The summed E-state index contributed by atoms with van der Waals surface area (Å²) in [5.41, 5.74) is 0.0445. The van der Waals surface area contributed by atoms with Crippen molar-refractivity contribution in [1.29, 1.82) is 0 Å². The maximum absolute atomic E-state index is 12.5. The molecule has 1 aliphatic heterocycles. The fourth-order valence-corrected chi connectivity index (χ4v) is 2.77. The molecule has 5 heteroatoms. The van der Waals surface area contributed by atoms with E-state index in [1.54, 1.807) is 17.0 Å². The summed E-state index contributed by atoms with van der Waals surface area (Å²) in [4.78, 5) is 18.9. The van der Waals surface area contributed by atoms with Crippen molar-refractivity contribution >= 4 is 5.82 Å². The van der Waals surface area contributed by atoms with E-state index < -0.39 is 0 Å². The number of aromatic nitrogens is 2. The Morgan fingerprint density at radius 2 is 2.10 bits per heavy atom. The van der Waals surface area contributed by atoms with Crippen LogP contribution in [0.15, 0.2) is 17.2 Å². The lowest BCUT2D eigenvalue weighted by Crippen LogP contribution is -2.45. The summed E-state index contributed by atoms with van der Waals surface area (Å²) in [5.74, 6) is 1.07. The number of rotatable bonds is 5. The molecule has 0 atom stereocenters.